The van der Waals surface area contributed by atoms with Gasteiger partial charge in [-0.15, -0.1) is 0 Å². The number of nitrogens with one attached hydrogen (secondary N) is 3. The minimum absolute atomic E-state index is 0.150. The fourth-order valence-corrected chi connectivity index (χ4v) is 2.05. The zero-order valence-electron chi connectivity index (χ0n) is 14.2. The number of hydrogen-bond donors (Lipinski definition) is 3. The van der Waals surface area contributed by atoms with E-state index in [1.54, 1.807) is 37.4 Å². The second-order valence-electron chi connectivity index (χ2n) is 5.27. The van der Waals surface area contributed by atoms with Crippen molar-refractivity contribution in [3.05, 3.63) is 42.4 Å². The maximum absolute atomic E-state index is 12.3. The number of benzene rings is 1. The van der Waals surface area contributed by atoms with Crippen molar-refractivity contribution in [2.45, 2.75) is 13.3 Å². The molecular weight excluding hydrogens is 322 g/mol. The second kappa shape index (κ2) is 9.33. The molecule has 0 fully saturated rings. The lowest BCUT2D eigenvalue weighted by Crippen LogP contribution is -2.15. The summed E-state index contributed by atoms with van der Waals surface area (Å²) in [6.07, 6.45) is 2.18. The molecule has 0 bridgehead atoms. The van der Waals surface area contributed by atoms with Crippen molar-refractivity contribution in [1.29, 1.82) is 0 Å². The molecule has 0 atom stereocenters. The van der Waals surface area contributed by atoms with Gasteiger partial charge in [0, 0.05) is 44.6 Å². The second-order valence-corrected chi connectivity index (χ2v) is 5.27. The lowest BCUT2D eigenvalue weighted by Gasteiger charge is -2.08. The van der Waals surface area contributed by atoms with Gasteiger partial charge < -0.3 is 20.7 Å². The molecule has 2 amide bonds. The summed E-state index contributed by atoms with van der Waals surface area (Å²) in [5.74, 6) is 0.0928. The summed E-state index contributed by atoms with van der Waals surface area (Å²) in [7, 11) is 1.65. The zero-order valence-corrected chi connectivity index (χ0v) is 14.2. The normalized spacial score (nSPS) is 10.2. The largest absolute Gasteiger partial charge is 0.385 e. The van der Waals surface area contributed by atoms with Crippen LogP contribution in [-0.4, -0.2) is 42.0 Å². The Labute approximate surface area is 146 Å². The topological polar surface area (TPSA) is 105 Å². The van der Waals surface area contributed by atoms with E-state index in [2.05, 4.69) is 25.9 Å². The van der Waals surface area contributed by atoms with Crippen LogP contribution < -0.4 is 16.0 Å². The molecule has 8 heteroatoms. The molecule has 8 nitrogen and oxygen atoms in total. The molecule has 0 saturated carbocycles. The Morgan fingerprint density at radius 2 is 1.76 bits per heavy atom. The molecule has 2 aromatic rings. The predicted octanol–water partition coefficient (Wildman–Crippen LogP) is 2.14. The van der Waals surface area contributed by atoms with Crippen molar-refractivity contribution in [3.63, 3.8) is 0 Å². The lowest BCUT2D eigenvalue weighted by molar-refractivity contribution is -0.114. The molecule has 0 aliphatic rings. The number of rotatable bonds is 8. The van der Waals surface area contributed by atoms with Gasteiger partial charge in [-0.3, -0.25) is 9.59 Å². The Hall–Kier alpha value is -3.00. The first-order chi connectivity index (χ1) is 12.1. The highest BCUT2D eigenvalue weighted by Crippen LogP contribution is 2.14. The molecule has 0 unspecified atom stereocenters. The predicted molar refractivity (Wildman–Crippen MR) is 95.7 cm³/mol. The summed E-state index contributed by atoms with van der Waals surface area (Å²) in [6, 6.07) is 8.41. The first-order valence-electron chi connectivity index (χ1n) is 7.82. The maximum Gasteiger partial charge on any atom is 0.274 e. The number of anilines is 3. The molecule has 3 N–H and O–H groups in total. The van der Waals surface area contributed by atoms with E-state index in [9.17, 15) is 9.59 Å². The Balaban J connectivity index is 1.94. The molecule has 0 aliphatic heterocycles. The SMILES string of the molecule is COCCCNc1cc(C(=O)Nc2ccc(NC(C)=O)cc2)ncn1. The van der Waals surface area contributed by atoms with E-state index in [1.165, 1.54) is 13.3 Å². The van der Waals surface area contributed by atoms with Gasteiger partial charge in [0.25, 0.3) is 5.91 Å². The number of methoxy groups -OCH3 is 1. The van der Waals surface area contributed by atoms with Gasteiger partial charge in [0.2, 0.25) is 5.91 Å². The zero-order chi connectivity index (χ0) is 18.1. The summed E-state index contributed by atoms with van der Waals surface area (Å²) < 4.78 is 4.98. The summed E-state index contributed by atoms with van der Waals surface area (Å²) in [6.45, 7) is 2.78. The summed E-state index contributed by atoms with van der Waals surface area (Å²) in [4.78, 5) is 31.4. The third-order valence-corrected chi connectivity index (χ3v) is 3.19. The van der Waals surface area contributed by atoms with Gasteiger partial charge in [0.1, 0.15) is 17.8 Å². The quantitative estimate of drug-likeness (QED) is 0.634. The smallest absolute Gasteiger partial charge is 0.274 e. The Morgan fingerprint density at radius 3 is 2.40 bits per heavy atom. The molecule has 132 valence electrons. The summed E-state index contributed by atoms with van der Waals surface area (Å²) in [5.41, 5.74) is 1.53. The van der Waals surface area contributed by atoms with Gasteiger partial charge in [-0.25, -0.2) is 9.97 Å². The van der Waals surface area contributed by atoms with E-state index in [4.69, 9.17) is 4.74 Å². The van der Waals surface area contributed by atoms with Crippen LogP contribution >= 0.6 is 0 Å². The third kappa shape index (κ3) is 6.19. The molecule has 1 heterocycles. The minimum Gasteiger partial charge on any atom is -0.385 e. The Bertz CT molecular complexity index is 718. The van der Waals surface area contributed by atoms with Crippen molar-refractivity contribution < 1.29 is 14.3 Å². The van der Waals surface area contributed by atoms with E-state index in [0.717, 1.165) is 6.42 Å². The van der Waals surface area contributed by atoms with Crippen LogP contribution in [0.4, 0.5) is 17.2 Å². The third-order valence-electron chi connectivity index (χ3n) is 3.19. The van der Waals surface area contributed by atoms with Crippen molar-refractivity contribution in [2.24, 2.45) is 0 Å². The van der Waals surface area contributed by atoms with Crippen molar-refractivity contribution in [1.82, 2.24) is 9.97 Å². The van der Waals surface area contributed by atoms with Crippen molar-refractivity contribution in [3.8, 4) is 0 Å². The van der Waals surface area contributed by atoms with Gasteiger partial charge in [-0.05, 0) is 30.7 Å². The minimum atomic E-state index is -0.338. The van der Waals surface area contributed by atoms with Crippen LogP contribution in [0.15, 0.2) is 36.7 Å². The lowest BCUT2D eigenvalue weighted by atomic mass is 10.2. The average molecular weight is 343 g/mol. The Kier molecular flexibility index (Phi) is 6.85. The first-order valence-corrected chi connectivity index (χ1v) is 7.82. The fourth-order valence-electron chi connectivity index (χ4n) is 2.05. The van der Waals surface area contributed by atoms with E-state index in [-0.39, 0.29) is 17.5 Å². The molecule has 2 rings (SSSR count). The van der Waals surface area contributed by atoms with Crippen LogP contribution in [-0.2, 0) is 9.53 Å². The highest BCUT2D eigenvalue weighted by atomic mass is 16.5. The molecule has 0 spiro atoms. The van der Waals surface area contributed by atoms with Crippen LogP contribution in [0.2, 0.25) is 0 Å². The maximum atomic E-state index is 12.3. The first kappa shape index (κ1) is 18.3. The monoisotopic (exact) mass is 343 g/mol. The van der Waals surface area contributed by atoms with Crippen LogP contribution in [0.25, 0.3) is 0 Å². The summed E-state index contributed by atoms with van der Waals surface area (Å²) in [5, 5.41) is 8.53. The van der Waals surface area contributed by atoms with Gasteiger partial charge in [-0.1, -0.05) is 0 Å². The molecule has 1 aromatic heterocycles. The molecule has 0 aliphatic carbocycles. The highest BCUT2D eigenvalue weighted by molar-refractivity contribution is 6.03. The fraction of sp³-hybridized carbons (Fsp3) is 0.294. The number of ether oxygens (including phenoxy) is 1. The van der Waals surface area contributed by atoms with E-state index >= 15 is 0 Å². The van der Waals surface area contributed by atoms with Crippen LogP contribution in [0, 0.1) is 0 Å². The van der Waals surface area contributed by atoms with Crippen molar-refractivity contribution in [2.75, 3.05) is 36.2 Å². The van der Waals surface area contributed by atoms with E-state index in [0.29, 0.717) is 30.3 Å². The molecule has 1 aromatic carbocycles. The molecule has 0 radical (unpaired) electrons. The number of carbonyl (C=O) groups is 2. The van der Waals surface area contributed by atoms with Crippen LogP contribution in [0.5, 0.6) is 0 Å². The molecule has 25 heavy (non-hydrogen) atoms. The molecule has 0 saturated heterocycles. The van der Waals surface area contributed by atoms with Gasteiger partial charge in [-0.2, -0.15) is 0 Å². The number of aromatic nitrogens is 2. The van der Waals surface area contributed by atoms with Crippen LogP contribution in [0.1, 0.15) is 23.8 Å². The van der Waals surface area contributed by atoms with Gasteiger partial charge in [0.15, 0.2) is 0 Å². The summed E-state index contributed by atoms with van der Waals surface area (Å²) >= 11 is 0. The number of amides is 2. The van der Waals surface area contributed by atoms with Crippen molar-refractivity contribution >= 4 is 29.0 Å². The molecular formula is C17H21N5O3. The highest BCUT2D eigenvalue weighted by Gasteiger charge is 2.09. The average Bonchev–Trinajstić information content (AvgIpc) is 2.60. The van der Waals surface area contributed by atoms with Gasteiger partial charge >= 0.3 is 0 Å². The Morgan fingerprint density at radius 1 is 1.08 bits per heavy atom. The standard InChI is InChI=1S/C17H21N5O3/c1-12(23)21-13-4-6-14(7-5-13)22-17(24)15-10-16(20-11-19-15)18-8-3-9-25-2/h4-7,10-11H,3,8-9H2,1-2H3,(H,21,23)(H,22,24)(H,18,19,20). The number of hydrogen-bond acceptors (Lipinski definition) is 6. The van der Waals surface area contributed by atoms with E-state index < -0.39 is 0 Å². The van der Waals surface area contributed by atoms with Crippen LogP contribution in [0.3, 0.4) is 0 Å². The van der Waals surface area contributed by atoms with E-state index in [1.807, 2.05) is 0 Å². The number of nitrogens with zero attached hydrogens (tertiary/aromatic N) is 2. The van der Waals surface area contributed by atoms with Gasteiger partial charge in [0.05, 0.1) is 0 Å². The number of carbonyl (C=O) groups excluding carboxylic acids is 2.